The normalized spacial score (nSPS) is 16.3. The molecule has 2 amide bonds. The summed E-state index contributed by atoms with van der Waals surface area (Å²) in [5.74, 6) is 0.386. The zero-order chi connectivity index (χ0) is 22.1. The topological polar surface area (TPSA) is 89.4 Å². The summed E-state index contributed by atoms with van der Waals surface area (Å²) in [5, 5.41) is 7.86. The number of benzene rings is 1. The highest BCUT2D eigenvalue weighted by molar-refractivity contribution is 7.21. The van der Waals surface area contributed by atoms with E-state index in [4.69, 9.17) is 4.74 Å². The van der Waals surface area contributed by atoms with Crippen LogP contribution in [0, 0.1) is 0 Å². The van der Waals surface area contributed by atoms with Crippen LogP contribution in [0.4, 0.5) is 0 Å². The summed E-state index contributed by atoms with van der Waals surface area (Å²) in [5.41, 5.74) is 1.35. The van der Waals surface area contributed by atoms with Gasteiger partial charge in [-0.1, -0.05) is 18.2 Å². The number of hydrogen-bond acceptors (Lipinski definition) is 6. The van der Waals surface area contributed by atoms with E-state index in [1.54, 1.807) is 47.4 Å². The maximum atomic E-state index is 13.2. The Labute approximate surface area is 188 Å². The average Bonchev–Trinajstić information content (AvgIpc) is 3.52. The second-order valence-corrected chi connectivity index (χ2v) is 8.44. The van der Waals surface area contributed by atoms with Crippen LogP contribution in [-0.4, -0.2) is 58.2 Å². The molecule has 8 nitrogen and oxygen atoms in total. The molecule has 1 saturated heterocycles. The summed E-state index contributed by atoms with van der Waals surface area (Å²) in [6.07, 6.45) is 4.66. The van der Waals surface area contributed by atoms with Crippen molar-refractivity contribution in [3.63, 3.8) is 0 Å². The van der Waals surface area contributed by atoms with Gasteiger partial charge in [-0.25, -0.2) is 9.67 Å². The number of pyridine rings is 1. The lowest BCUT2D eigenvalue weighted by Crippen LogP contribution is -2.42. The molecule has 0 saturated carbocycles. The molecule has 9 heteroatoms. The van der Waals surface area contributed by atoms with Crippen LogP contribution in [0.3, 0.4) is 0 Å². The zero-order valence-corrected chi connectivity index (χ0v) is 18.2. The first-order valence-electron chi connectivity index (χ1n) is 10.3. The van der Waals surface area contributed by atoms with Gasteiger partial charge in [0, 0.05) is 42.4 Å². The van der Waals surface area contributed by atoms with Gasteiger partial charge in [0.2, 0.25) is 0 Å². The molecule has 0 spiro atoms. The number of carbonyl (C=O) groups is 2. The number of fused-ring (bicyclic) bond motifs is 1. The molecule has 1 aliphatic heterocycles. The number of hydrogen-bond donors (Lipinski definition) is 1. The molecule has 1 aliphatic rings. The van der Waals surface area contributed by atoms with Crippen molar-refractivity contribution in [2.24, 2.45) is 0 Å². The summed E-state index contributed by atoms with van der Waals surface area (Å²) < 4.78 is 8.72. The fraction of sp³-hybridized carbons (Fsp3) is 0.217. The van der Waals surface area contributed by atoms with Gasteiger partial charge in [-0.05, 0) is 29.7 Å². The van der Waals surface area contributed by atoms with Gasteiger partial charge in [0.15, 0.2) is 5.82 Å². The maximum Gasteiger partial charge on any atom is 0.261 e. The number of morpholine rings is 1. The van der Waals surface area contributed by atoms with Crippen molar-refractivity contribution in [3.05, 3.63) is 77.1 Å². The van der Waals surface area contributed by atoms with Crippen LogP contribution < -0.4 is 5.32 Å². The largest absolute Gasteiger partial charge is 0.370 e. The highest BCUT2D eigenvalue weighted by Crippen LogP contribution is 2.38. The highest BCUT2D eigenvalue weighted by atomic mass is 32.1. The molecule has 1 unspecified atom stereocenters. The molecule has 3 aromatic heterocycles. The monoisotopic (exact) mass is 447 g/mol. The Morgan fingerprint density at radius 1 is 1.19 bits per heavy atom. The number of nitrogens with one attached hydrogen (secondary N) is 1. The molecular formula is C23H21N5O3S. The SMILES string of the molecule is CNC(=O)c1sc2ccccc2c1C1CN(C(=O)c2ccc(-n3cccn3)nc2)CCO1. The third kappa shape index (κ3) is 3.65. The summed E-state index contributed by atoms with van der Waals surface area (Å²) in [4.78, 5) is 32.5. The second-order valence-electron chi connectivity index (χ2n) is 7.39. The molecule has 1 aromatic carbocycles. The van der Waals surface area contributed by atoms with Crippen LogP contribution in [0.1, 0.15) is 31.7 Å². The number of carbonyl (C=O) groups excluding carboxylic acids is 2. The average molecular weight is 448 g/mol. The predicted octanol–water partition coefficient (Wildman–Crippen LogP) is 3.06. The van der Waals surface area contributed by atoms with Gasteiger partial charge in [-0.2, -0.15) is 5.10 Å². The van der Waals surface area contributed by atoms with Crippen LogP contribution in [0.5, 0.6) is 0 Å². The van der Waals surface area contributed by atoms with Gasteiger partial charge >= 0.3 is 0 Å². The molecule has 0 bridgehead atoms. The van der Waals surface area contributed by atoms with Crippen molar-refractivity contribution in [2.45, 2.75) is 6.10 Å². The van der Waals surface area contributed by atoms with E-state index in [0.29, 0.717) is 36.0 Å². The van der Waals surface area contributed by atoms with E-state index in [0.717, 1.165) is 15.6 Å². The van der Waals surface area contributed by atoms with E-state index >= 15 is 0 Å². The first-order valence-corrected chi connectivity index (χ1v) is 11.1. The minimum absolute atomic E-state index is 0.112. The molecule has 4 heterocycles. The number of aromatic nitrogens is 3. The van der Waals surface area contributed by atoms with Gasteiger partial charge in [0.25, 0.3) is 11.8 Å². The lowest BCUT2D eigenvalue weighted by molar-refractivity contribution is -0.0222. The fourth-order valence-electron chi connectivity index (χ4n) is 3.91. The van der Waals surface area contributed by atoms with E-state index in [1.807, 2.05) is 30.3 Å². The minimum Gasteiger partial charge on any atom is -0.370 e. The van der Waals surface area contributed by atoms with Crippen LogP contribution in [0.2, 0.25) is 0 Å². The Morgan fingerprint density at radius 2 is 2.06 bits per heavy atom. The molecular weight excluding hydrogens is 426 g/mol. The van der Waals surface area contributed by atoms with Crippen molar-refractivity contribution in [1.82, 2.24) is 25.0 Å². The predicted molar refractivity (Wildman–Crippen MR) is 121 cm³/mol. The zero-order valence-electron chi connectivity index (χ0n) is 17.4. The summed E-state index contributed by atoms with van der Waals surface area (Å²) in [7, 11) is 1.62. The third-order valence-electron chi connectivity index (χ3n) is 5.48. The standard InChI is InChI=1S/C23H21N5O3S/c1-24-22(29)21-20(16-5-2-3-6-18(16)32-21)17-14-27(11-12-31-17)23(30)15-7-8-19(25-13-15)28-10-4-9-26-28/h2-10,13,17H,11-12,14H2,1H3,(H,24,29). The maximum absolute atomic E-state index is 13.2. The molecule has 4 aromatic rings. The van der Waals surface area contributed by atoms with Gasteiger partial charge in [0.05, 0.1) is 23.6 Å². The number of nitrogens with zero attached hydrogens (tertiary/aromatic N) is 4. The van der Waals surface area contributed by atoms with E-state index in [9.17, 15) is 9.59 Å². The Hall–Kier alpha value is -3.56. The van der Waals surface area contributed by atoms with Crippen LogP contribution in [-0.2, 0) is 4.74 Å². The molecule has 5 rings (SSSR count). The first kappa shape index (κ1) is 20.3. The Kier molecular flexibility index (Phi) is 5.42. The summed E-state index contributed by atoms with van der Waals surface area (Å²) in [6.45, 7) is 1.24. The van der Waals surface area contributed by atoms with Crippen molar-refractivity contribution in [1.29, 1.82) is 0 Å². The molecule has 1 fully saturated rings. The Morgan fingerprint density at radius 3 is 2.81 bits per heavy atom. The first-order chi connectivity index (χ1) is 15.7. The number of rotatable bonds is 4. The third-order valence-corrected chi connectivity index (χ3v) is 6.66. The van der Waals surface area contributed by atoms with Crippen molar-refractivity contribution in [3.8, 4) is 5.82 Å². The number of amides is 2. The highest BCUT2D eigenvalue weighted by Gasteiger charge is 2.31. The molecule has 1 atom stereocenters. The van der Waals surface area contributed by atoms with E-state index < -0.39 is 0 Å². The van der Waals surface area contributed by atoms with E-state index in [2.05, 4.69) is 15.4 Å². The number of ether oxygens (including phenoxy) is 1. The second kappa shape index (κ2) is 8.52. The summed E-state index contributed by atoms with van der Waals surface area (Å²) in [6, 6.07) is 13.2. The molecule has 162 valence electrons. The van der Waals surface area contributed by atoms with Gasteiger partial charge in [-0.3, -0.25) is 9.59 Å². The molecule has 1 N–H and O–H groups in total. The Balaban J connectivity index is 1.41. The van der Waals surface area contributed by atoms with E-state index in [1.165, 1.54) is 11.3 Å². The quantitative estimate of drug-likeness (QED) is 0.519. The molecule has 0 radical (unpaired) electrons. The van der Waals surface area contributed by atoms with Gasteiger partial charge in [-0.15, -0.1) is 11.3 Å². The van der Waals surface area contributed by atoms with Crippen molar-refractivity contribution < 1.29 is 14.3 Å². The smallest absolute Gasteiger partial charge is 0.261 e. The van der Waals surface area contributed by atoms with Gasteiger partial charge < -0.3 is 15.0 Å². The van der Waals surface area contributed by atoms with E-state index in [-0.39, 0.29) is 17.9 Å². The van der Waals surface area contributed by atoms with Gasteiger partial charge in [0.1, 0.15) is 6.10 Å². The van der Waals surface area contributed by atoms with Crippen LogP contribution in [0.15, 0.2) is 61.1 Å². The minimum atomic E-state index is -0.382. The van der Waals surface area contributed by atoms with Crippen molar-refractivity contribution >= 4 is 33.2 Å². The summed E-state index contributed by atoms with van der Waals surface area (Å²) >= 11 is 1.44. The molecule has 0 aliphatic carbocycles. The Bertz CT molecular complexity index is 1270. The lowest BCUT2D eigenvalue weighted by Gasteiger charge is -2.33. The van der Waals surface area contributed by atoms with Crippen molar-refractivity contribution in [2.75, 3.05) is 26.7 Å². The number of thiophene rings is 1. The fourth-order valence-corrected chi connectivity index (χ4v) is 5.11. The van der Waals surface area contributed by atoms with Crippen LogP contribution >= 0.6 is 11.3 Å². The lowest BCUT2D eigenvalue weighted by atomic mass is 10.0. The van der Waals surface area contributed by atoms with Crippen LogP contribution in [0.25, 0.3) is 15.9 Å². The molecule has 32 heavy (non-hydrogen) atoms.